The van der Waals surface area contributed by atoms with Crippen LogP contribution in [-0.2, 0) is 16.4 Å². The lowest BCUT2D eigenvalue weighted by atomic mass is 9.96. The molecular weight excluding hydrogens is 312 g/mol. The summed E-state index contributed by atoms with van der Waals surface area (Å²) in [5.41, 5.74) is 5.50. The van der Waals surface area contributed by atoms with Gasteiger partial charge in [-0.1, -0.05) is 6.42 Å². The molecule has 1 aliphatic carbocycles. The van der Waals surface area contributed by atoms with Crippen molar-refractivity contribution < 1.29 is 8.42 Å². The first-order valence-corrected chi connectivity index (χ1v) is 10.5. The van der Waals surface area contributed by atoms with E-state index in [1.54, 1.807) is 6.07 Å². The fraction of sp³-hybridized carbons (Fsp3) is 0.692. The summed E-state index contributed by atoms with van der Waals surface area (Å²) in [6.07, 6.45) is 7.00. The van der Waals surface area contributed by atoms with Crippen LogP contribution in [0.15, 0.2) is 16.3 Å². The smallest absolute Gasteiger partial charge is 0.250 e. The highest BCUT2D eigenvalue weighted by molar-refractivity contribution is 7.99. The molecule has 0 radical (unpaired) electrons. The highest BCUT2D eigenvalue weighted by atomic mass is 32.2. The molecule has 3 N–H and O–H groups in total. The second-order valence-electron chi connectivity index (χ2n) is 5.10. The summed E-state index contributed by atoms with van der Waals surface area (Å²) >= 11 is 3.16. The summed E-state index contributed by atoms with van der Waals surface area (Å²) in [4.78, 5) is 1.03. The third kappa shape index (κ3) is 4.21. The zero-order valence-electron chi connectivity index (χ0n) is 11.7. The molecule has 1 aliphatic rings. The van der Waals surface area contributed by atoms with Gasteiger partial charge in [0.15, 0.2) is 0 Å². The number of hydrogen-bond donors (Lipinski definition) is 2. The van der Waals surface area contributed by atoms with E-state index in [-0.39, 0.29) is 6.04 Å². The van der Waals surface area contributed by atoms with Crippen LogP contribution < -0.4 is 10.5 Å². The van der Waals surface area contributed by atoms with Gasteiger partial charge < -0.3 is 5.73 Å². The highest BCUT2D eigenvalue weighted by Crippen LogP contribution is 2.29. The summed E-state index contributed by atoms with van der Waals surface area (Å²) in [6, 6.07) is 3.62. The molecule has 114 valence electrons. The Bertz CT molecular complexity index is 527. The van der Waals surface area contributed by atoms with Crippen molar-refractivity contribution in [2.24, 2.45) is 5.73 Å². The van der Waals surface area contributed by atoms with Gasteiger partial charge in [0.2, 0.25) is 10.0 Å². The molecule has 1 saturated carbocycles. The summed E-state index contributed by atoms with van der Waals surface area (Å²) in [6.45, 7) is 0.547. The summed E-state index contributed by atoms with van der Waals surface area (Å²) in [7, 11) is -3.37. The molecule has 1 aromatic rings. The molecule has 0 aromatic carbocycles. The predicted molar refractivity (Wildman–Crippen MR) is 87.0 cm³/mol. The van der Waals surface area contributed by atoms with E-state index >= 15 is 0 Å². The topological polar surface area (TPSA) is 72.2 Å². The SMILES string of the molecule is CSC1CCCC(NS(=O)(=O)c2ccc(CCN)s2)C1. The lowest BCUT2D eigenvalue weighted by molar-refractivity contribution is 0.421. The van der Waals surface area contributed by atoms with Crippen molar-refractivity contribution in [3.63, 3.8) is 0 Å². The normalized spacial score (nSPS) is 23.9. The van der Waals surface area contributed by atoms with Gasteiger partial charge in [-0.05, 0) is 50.6 Å². The Morgan fingerprint density at radius 1 is 1.45 bits per heavy atom. The van der Waals surface area contributed by atoms with Crippen LogP contribution in [0.1, 0.15) is 30.6 Å². The van der Waals surface area contributed by atoms with Gasteiger partial charge in [0, 0.05) is 16.2 Å². The molecule has 0 spiro atoms. The van der Waals surface area contributed by atoms with Crippen LogP contribution in [0.4, 0.5) is 0 Å². The van der Waals surface area contributed by atoms with E-state index in [4.69, 9.17) is 5.73 Å². The number of sulfonamides is 1. The van der Waals surface area contributed by atoms with Crippen molar-refractivity contribution in [3.05, 3.63) is 17.0 Å². The van der Waals surface area contributed by atoms with Crippen LogP contribution >= 0.6 is 23.1 Å². The Morgan fingerprint density at radius 3 is 2.95 bits per heavy atom. The lowest BCUT2D eigenvalue weighted by Gasteiger charge is -2.28. The van der Waals surface area contributed by atoms with Crippen molar-refractivity contribution in [1.82, 2.24) is 4.72 Å². The van der Waals surface area contributed by atoms with Gasteiger partial charge in [-0.15, -0.1) is 11.3 Å². The second kappa shape index (κ2) is 7.26. The molecule has 7 heteroatoms. The van der Waals surface area contributed by atoms with Gasteiger partial charge in [0.25, 0.3) is 0 Å². The van der Waals surface area contributed by atoms with Crippen LogP contribution in [0.5, 0.6) is 0 Å². The Kier molecular flexibility index (Phi) is 5.92. The number of nitrogens with one attached hydrogen (secondary N) is 1. The van der Waals surface area contributed by atoms with Gasteiger partial charge >= 0.3 is 0 Å². The molecular formula is C13H22N2O2S3. The van der Waals surface area contributed by atoms with Gasteiger partial charge in [-0.2, -0.15) is 11.8 Å². The Morgan fingerprint density at radius 2 is 2.25 bits per heavy atom. The average molecular weight is 335 g/mol. The maximum atomic E-state index is 12.4. The molecule has 0 bridgehead atoms. The maximum Gasteiger partial charge on any atom is 0.250 e. The number of hydrogen-bond acceptors (Lipinski definition) is 5. The third-order valence-electron chi connectivity index (χ3n) is 3.57. The molecule has 2 unspecified atom stereocenters. The van der Waals surface area contributed by atoms with E-state index in [1.807, 2.05) is 17.8 Å². The van der Waals surface area contributed by atoms with Crippen LogP contribution in [-0.4, -0.2) is 32.5 Å². The zero-order valence-corrected chi connectivity index (χ0v) is 14.1. The molecule has 0 amide bonds. The molecule has 1 fully saturated rings. The molecule has 2 atom stereocenters. The molecule has 4 nitrogen and oxygen atoms in total. The molecule has 1 heterocycles. The first-order valence-electron chi connectivity index (χ1n) is 6.89. The van der Waals surface area contributed by atoms with Gasteiger partial charge in [-0.25, -0.2) is 13.1 Å². The second-order valence-corrected chi connectivity index (χ2v) is 9.35. The zero-order chi connectivity index (χ0) is 14.6. The van der Waals surface area contributed by atoms with E-state index in [1.165, 1.54) is 17.8 Å². The minimum Gasteiger partial charge on any atom is -0.330 e. The molecule has 20 heavy (non-hydrogen) atoms. The van der Waals surface area contributed by atoms with Crippen molar-refractivity contribution >= 4 is 33.1 Å². The van der Waals surface area contributed by atoms with Gasteiger partial charge in [0.05, 0.1) is 0 Å². The van der Waals surface area contributed by atoms with Crippen molar-refractivity contribution in [2.45, 2.75) is 47.6 Å². The van der Waals surface area contributed by atoms with Crippen LogP contribution in [0.2, 0.25) is 0 Å². The Labute approximate surface area is 129 Å². The van der Waals surface area contributed by atoms with Gasteiger partial charge in [-0.3, -0.25) is 0 Å². The average Bonchev–Trinajstić information content (AvgIpc) is 2.88. The number of thioether (sulfide) groups is 1. The summed E-state index contributed by atoms with van der Waals surface area (Å²) < 4.78 is 28.0. The Hall–Kier alpha value is -0.0800. The van der Waals surface area contributed by atoms with E-state index in [2.05, 4.69) is 11.0 Å². The standard InChI is InChI=1S/C13H22N2O2S3/c1-18-12-4-2-3-10(9-12)15-20(16,17)13-6-5-11(19-13)7-8-14/h5-6,10,12,15H,2-4,7-9,14H2,1H3. The van der Waals surface area contributed by atoms with Crippen LogP contribution in [0.3, 0.4) is 0 Å². The fourth-order valence-corrected chi connectivity index (χ4v) is 6.02. The minimum atomic E-state index is -3.37. The third-order valence-corrected chi connectivity index (χ3v) is 7.83. The molecule has 0 aliphatic heterocycles. The van der Waals surface area contributed by atoms with E-state index in [9.17, 15) is 8.42 Å². The quantitative estimate of drug-likeness (QED) is 0.836. The van der Waals surface area contributed by atoms with Crippen molar-refractivity contribution in [3.8, 4) is 0 Å². The predicted octanol–water partition coefficient (Wildman–Crippen LogP) is 2.20. The first-order chi connectivity index (χ1) is 9.55. The fourth-order valence-electron chi connectivity index (χ4n) is 2.52. The first kappa shape index (κ1) is 16.3. The van der Waals surface area contributed by atoms with Crippen LogP contribution in [0, 0.1) is 0 Å². The maximum absolute atomic E-state index is 12.4. The van der Waals surface area contributed by atoms with E-state index in [0.29, 0.717) is 16.0 Å². The summed E-state index contributed by atoms with van der Waals surface area (Å²) in [5.74, 6) is 0. The van der Waals surface area contributed by atoms with Crippen LogP contribution in [0.25, 0.3) is 0 Å². The van der Waals surface area contributed by atoms with Crippen molar-refractivity contribution in [1.29, 1.82) is 0 Å². The van der Waals surface area contributed by atoms with E-state index < -0.39 is 10.0 Å². The number of rotatable bonds is 6. The summed E-state index contributed by atoms with van der Waals surface area (Å²) in [5, 5.41) is 0.576. The largest absolute Gasteiger partial charge is 0.330 e. The minimum absolute atomic E-state index is 0.0752. The number of thiophene rings is 1. The van der Waals surface area contributed by atoms with Gasteiger partial charge in [0.1, 0.15) is 4.21 Å². The van der Waals surface area contributed by atoms with Crippen molar-refractivity contribution in [2.75, 3.05) is 12.8 Å². The molecule has 1 aromatic heterocycles. The van der Waals surface area contributed by atoms with E-state index in [0.717, 1.165) is 30.6 Å². The molecule has 0 saturated heterocycles. The number of nitrogens with two attached hydrogens (primary N) is 1. The highest BCUT2D eigenvalue weighted by Gasteiger charge is 2.26. The molecule has 2 rings (SSSR count). The Balaban J connectivity index is 2.02. The monoisotopic (exact) mass is 334 g/mol. The lowest BCUT2D eigenvalue weighted by Crippen LogP contribution is -2.38.